The summed E-state index contributed by atoms with van der Waals surface area (Å²) in [6.45, 7) is 2.76. The maximum absolute atomic E-state index is 13.3. The van der Waals surface area contributed by atoms with Crippen molar-refractivity contribution < 1.29 is 64.6 Å². The van der Waals surface area contributed by atoms with Gasteiger partial charge >= 0.3 is 0 Å². The molecule has 0 aromatic heterocycles. The molecule has 1 amide bonds. The highest BCUT2D eigenvalue weighted by molar-refractivity contribution is 5.76. The van der Waals surface area contributed by atoms with E-state index in [-0.39, 0.29) is 12.5 Å². The molecule has 12 atom stereocenters. The molecule has 2 aliphatic rings. The summed E-state index contributed by atoms with van der Waals surface area (Å²) >= 11 is 0. The number of aliphatic hydroxyl groups is 8. The van der Waals surface area contributed by atoms with E-state index in [0.29, 0.717) is 12.8 Å². The number of amides is 1. The predicted molar refractivity (Wildman–Crippen MR) is 318 cm³/mol. The fourth-order valence-corrected chi connectivity index (χ4v) is 10.4. The van der Waals surface area contributed by atoms with E-state index in [9.17, 15) is 45.6 Å². The van der Waals surface area contributed by atoms with Crippen molar-refractivity contribution >= 4 is 5.91 Å². The molecule has 0 aliphatic carbocycles. The van der Waals surface area contributed by atoms with E-state index in [1.807, 2.05) is 0 Å². The molecule has 0 bridgehead atoms. The Morgan fingerprint density at radius 2 is 0.873 bits per heavy atom. The third-order valence-corrected chi connectivity index (χ3v) is 15.5. The van der Waals surface area contributed by atoms with Gasteiger partial charge in [0.2, 0.25) is 5.91 Å². The Kier molecular flexibility index (Phi) is 46.3. The van der Waals surface area contributed by atoms with Gasteiger partial charge in [0.1, 0.15) is 48.8 Å². The highest BCUT2D eigenvalue weighted by Crippen LogP contribution is 2.30. The van der Waals surface area contributed by atoms with Gasteiger partial charge in [-0.15, -0.1) is 0 Å². The molecule has 9 N–H and O–H groups in total. The Hall–Kier alpha value is -2.31. The maximum atomic E-state index is 13.3. The van der Waals surface area contributed by atoms with Crippen molar-refractivity contribution in [1.29, 1.82) is 0 Å². The zero-order valence-corrected chi connectivity index (χ0v) is 49.6. The molecule has 460 valence electrons. The smallest absolute Gasteiger partial charge is 0.220 e. The van der Waals surface area contributed by atoms with Crippen molar-refractivity contribution in [3.05, 3.63) is 60.8 Å². The molecule has 12 unspecified atom stereocenters. The van der Waals surface area contributed by atoms with Crippen molar-refractivity contribution in [2.24, 2.45) is 0 Å². The van der Waals surface area contributed by atoms with E-state index in [4.69, 9.17) is 18.9 Å². The molecule has 2 rings (SSSR count). The molecule has 14 heteroatoms. The van der Waals surface area contributed by atoms with Crippen LogP contribution >= 0.6 is 0 Å². The van der Waals surface area contributed by atoms with Gasteiger partial charge in [-0.3, -0.25) is 4.79 Å². The first kappa shape index (κ1) is 72.8. The molecule has 0 radical (unpaired) electrons. The second kappa shape index (κ2) is 50.2. The Bertz CT molecular complexity index is 1560. The molecule has 2 fully saturated rings. The normalized spacial score (nSPS) is 24.8. The van der Waals surface area contributed by atoms with E-state index in [1.54, 1.807) is 0 Å². The van der Waals surface area contributed by atoms with Gasteiger partial charge in [0, 0.05) is 6.42 Å². The minimum absolute atomic E-state index is 0.208. The largest absolute Gasteiger partial charge is 0.394 e. The number of rotatable bonds is 51. The number of hydrogen-bond donors (Lipinski definition) is 9. The number of hydrogen-bond acceptors (Lipinski definition) is 13. The van der Waals surface area contributed by atoms with Gasteiger partial charge in [0.05, 0.1) is 32.0 Å². The van der Waals surface area contributed by atoms with Crippen LogP contribution in [0.4, 0.5) is 0 Å². The van der Waals surface area contributed by atoms with Crippen molar-refractivity contribution in [2.75, 3.05) is 19.8 Å². The van der Waals surface area contributed by atoms with Crippen LogP contribution in [-0.4, -0.2) is 140 Å². The molecule has 0 spiro atoms. The van der Waals surface area contributed by atoms with E-state index in [2.05, 4.69) is 79.9 Å². The number of carbonyl (C=O) groups excluding carboxylic acids is 1. The number of ether oxygens (including phenoxy) is 4. The van der Waals surface area contributed by atoms with Crippen molar-refractivity contribution in [3.63, 3.8) is 0 Å². The summed E-state index contributed by atoms with van der Waals surface area (Å²) in [7, 11) is 0. The summed E-state index contributed by atoms with van der Waals surface area (Å²) in [6, 6.07) is -0.831. The summed E-state index contributed by atoms with van der Waals surface area (Å²) in [5.41, 5.74) is 0. The first-order chi connectivity index (χ1) is 38.6. The standard InChI is InChI=1S/C65H117NO13/c1-3-5-7-9-11-13-15-17-19-21-22-23-24-25-26-27-28-29-30-31-32-33-35-37-39-41-43-45-47-49-57(70)66-53(54(69)48-46-44-42-40-38-36-34-20-18-16-14-12-10-8-6-4-2)52-76-64-62(75)60(73)63(56(51-68)78-64)79-65-61(74)59(72)58(71)55(50-67)77-65/h5,7,11,13,17,19,22-23,25-26,53-56,58-65,67-69,71-75H,3-4,6,8-10,12,14-16,18,20-21,24,27-52H2,1-2H3,(H,66,70)/b7-5-,13-11-,19-17-,23-22-,26-25-. The summed E-state index contributed by atoms with van der Waals surface area (Å²) in [5.74, 6) is -0.208. The van der Waals surface area contributed by atoms with Crippen LogP contribution in [0.3, 0.4) is 0 Å². The Morgan fingerprint density at radius 3 is 1.34 bits per heavy atom. The van der Waals surface area contributed by atoms with Gasteiger partial charge in [0.15, 0.2) is 12.6 Å². The Labute approximate surface area is 479 Å². The summed E-state index contributed by atoms with van der Waals surface area (Å²) in [4.78, 5) is 13.3. The lowest BCUT2D eigenvalue weighted by molar-refractivity contribution is -0.359. The first-order valence-electron chi connectivity index (χ1n) is 32.0. The van der Waals surface area contributed by atoms with Crippen LogP contribution in [0.1, 0.15) is 251 Å². The quantitative estimate of drug-likeness (QED) is 0.0204. The lowest BCUT2D eigenvalue weighted by Gasteiger charge is -2.46. The second-order valence-electron chi connectivity index (χ2n) is 22.5. The number of unbranched alkanes of at least 4 members (excludes halogenated alkanes) is 28. The molecule has 0 aromatic carbocycles. The predicted octanol–water partition coefficient (Wildman–Crippen LogP) is 11.7. The first-order valence-corrected chi connectivity index (χ1v) is 32.0. The van der Waals surface area contributed by atoms with Crippen LogP contribution in [0, 0.1) is 0 Å². The fraction of sp³-hybridized carbons (Fsp3) is 0.831. The minimum atomic E-state index is -1.78. The van der Waals surface area contributed by atoms with Crippen LogP contribution in [-0.2, 0) is 23.7 Å². The number of aliphatic hydroxyl groups excluding tert-OH is 8. The molecule has 79 heavy (non-hydrogen) atoms. The second-order valence-corrected chi connectivity index (χ2v) is 22.5. The lowest BCUT2D eigenvalue weighted by atomic mass is 9.97. The van der Waals surface area contributed by atoms with Gasteiger partial charge in [0.25, 0.3) is 0 Å². The van der Waals surface area contributed by atoms with Gasteiger partial charge in [-0.25, -0.2) is 0 Å². The molecular formula is C65H117NO13. The van der Waals surface area contributed by atoms with E-state index >= 15 is 0 Å². The van der Waals surface area contributed by atoms with Crippen molar-refractivity contribution in [3.8, 4) is 0 Å². The zero-order valence-electron chi connectivity index (χ0n) is 49.6. The van der Waals surface area contributed by atoms with E-state index in [0.717, 1.165) is 83.5 Å². The highest BCUT2D eigenvalue weighted by atomic mass is 16.7. The van der Waals surface area contributed by atoms with Gasteiger partial charge in [-0.1, -0.05) is 248 Å². The molecule has 0 aromatic rings. The SMILES string of the molecule is CC/C=C\C/C=C\C/C=C\C/C=C\C/C=C\CCCCCCCCCCCCCCCC(=O)NC(COC1OC(CO)C(OC2OC(CO)C(O)C(O)C2O)C(O)C1O)C(O)CCCCCCCCCCCCCCCCCC. The van der Waals surface area contributed by atoms with Crippen LogP contribution in [0.25, 0.3) is 0 Å². The van der Waals surface area contributed by atoms with Crippen LogP contribution < -0.4 is 5.32 Å². The van der Waals surface area contributed by atoms with Crippen LogP contribution in [0.15, 0.2) is 60.8 Å². The summed E-state index contributed by atoms with van der Waals surface area (Å²) < 4.78 is 22.9. The molecular weight excluding hydrogens is 1000 g/mol. The average Bonchev–Trinajstić information content (AvgIpc) is 3.48. The topological polar surface area (TPSA) is 228 Å². The van der Waals surface area contributed by atoms with E-state index < -0.39 is 86.8 Å². The average molecular weight is 1120 g/mol. The zero-order chi connectivity index (χ0) is 57.4. The molecule has 2 aliphatic heterocycles. The maximum Gasteiger partial charge on any atom is 0.220 e. The van der Waals surface area contributed by atoms with Crippen molar-refractivity contribution in [1.82, 2.24) is 5.32 Å². The van der Waals surface area contributed by atoms with Gasteiger partial charge in [-0.05, 0) is 57.8 Å². The highest BCUT2D eigenvalue weighted by Gasteiger charge is 2.51. The summed E-state index contributed by atoms with van der Waals surface area (Å²) in [6.07, 6.45) is 47.9. The van der Waals surface area contributed by atoms with Crippen molar-refractivity contribution in [2.45, 2.75) is 325 Å². The monoisotopic (exact) mass is 1120 g/mol. The summed E-state index contributed by atoms with van der Waals surface area (Å²) in [5, 5.41) is 87.4. The van der Waals surface area contributed by atoms with Crippen LogP contribution in [0.5, 0.6) is 0 Å². The minimum Gasteiger partial charge on any atom is -0.394 e. The van der Waals surface area contributed by atoms with Crippen LogP contribution in [0.2, 0.25) is 0 Å². The lowest BCUT2D eigenvalue weighted by Crippen LogP contribution is -2.65. The fourth-order valence-electron chi connectivity index (χ4n) is 10.4. The number of nitrogens with one attached hydrogen (secondary N) is 1. The number of allylic oxidation sites excluding steroid dienone is 10. The third-order valence-electron chi connectivity index (χ3n) is 15.5. The van der Waals surface area contributed by atoms with Gasteiger partial charge in [-0.2, -0.15) is 0 Å². The Balaban J connectivity index is 1.68. The number of carbonyl (C=O) groups is 1. The molecule has 2 heterocycles. The van der Waals surface area contributed by atoms with E-state index in [1.165, 1.54) is 141 Å². The molecule has 2 saturated heterocycles. The molecule has 0 saturated carbocycles. The molecule has 14 nitrogen and oxygen atoms in total. The van der Waals surface area contributed by atoms with Gasteiger partial charge < -0.3 is 65.1 Å². The Morgan fingerprint density at radius 1 is 0.468 bits per heavy atom. The third kappa shape index (κ3) is 35.4.